The van der Waals surface area contributed by atoms with Crippen molar-refractivity contribution in [2.24, 2.45) is 5.92 Å². The molecule has 0 radical (unpaired) electrons. The third kappa shape index (κ3) is 12.1. The SMILES string of the molecule is CCCCCCCCCCCC(=O)CC(=O)C(C)C. The summed E-state index contributed by atoms with van der Waals surface area (Å²) >= 11 is 0. The molecule has 0 amide bonds. The van der Waals surface area contributed by atoms with Crippen LogP contribution in [-0.4, -0.2) is 11.6 Å². The van der Waals surface area contributed by atoms with Crippen LogP contribution in [0, 0.1) is 5.92 Å². The van der Waals surface area contributed by atoms with Crippen LogP contribution >= 0.6 is 0 Å². The van der Waals surface area contributed by atoms with E-state index in [1.807, 2.05) is 13.8 Å². The Bertz CT molecular complexity index is 244. The van der Waals surface area contributed by atoms with Crippen molar-refractivity contribution in [3.8, 4) is 0 Å². The monoisotopic (exact) mass is 268 g/mol. The van der Waals surface area contributed by atoms with E-state index in [-0.39, 0.29) is 23.9 Å². The summed E-state index contributed by atoms with van der Waals surface area (Å²) in [4.78, 5) is 22.9. The van der Waals surface area contributed by atoms with E-state index in [1.165, 1.54) is 44.9 Å². The Kier molecular flexibility index (Phi) is 11.9. The fraction of sp³-hybridized carbons (Fsp3) is 0.882. The quantitative estimate of drug-likeness (QED) is 0.344. The molecule has 0 aromatic carbocycles. The third-order valence-corrected chi connectivity index (χ3v) is 3.57. The Labute approximate surface area is 119 Å². The van der Waals surface area contributed by atoms with Crippen molar-refractivity contribution in [1.29, 1.82) is 0 Å². The predicted octanol–water partition coefficient (Wildman–Crippen LogP) is 5.09. The Morgan fingerprint density at radius 3 is 1.74 bits per heavy atom. The van der Waals surface area contributed by atoms with Gasteiger partial charge >= 0.3 is 0 Å². The number of carbonyl (C=O) groups excluding carboxylic acids is 2. The van der Waals surface area contributed by atoms with Crippen molar-refractivity contribution in [3.63, 3.8) is 0 Å². The lowest BCUT2D eigenvalue weighted by atomic mass is 10.0. The first kappa shape index (κ1) is 18.3. The summed E-state index contributed by atoms with van der Waals surface area (Å²) in [6, 6.07) is 0. The van der Waals surface area contributed by atoms with Crippen molar-refractivity contribution in [2.75, 3.05) is 0 Å². The number of unbranched alkanes of at least 4 members (excludes halogenated alkanes) is 8. The topological polar surface area (TPSA) is 34.1 Å². The van der Waals surface area contributed by atoms with Gasteiger partial charge in [0.2, 0.25) is 0 Å². The van der Waals surface area contributed by atoms with E-state index in [4.69, 9.17) is 0 Å². The summed E-state index contributed by atoms with van der Waals surface area (Å²) in [6.45, 7) is 5.95. The fourth-order valence-corrected chi connectivity index (χ4v) is 2.12. The van der Waals surface area contributed by atoms with Gasteiger partial charge in [-0.1, -0.05) is 72.1 Å². The lowest BCUT2D eigenvalue weighted by Crippen LogP contribution is -2.12. The highest BCUT2D eigenvalue weighted by molar-refractivity contribution is 5.99. The lowest BCUT2D eigenvalue weighted by molar-refractivity contribution is -0.128. The van der Waals surface area contributed by atoms with Gasteiger partial charge in [0.15, 0.2) is 0 Å². The predicted molar refractivity (Wildman–Crippen MR) is 81.3 cm³/mol. The molecule has 0 aliphatic heterocycles. The zero-order chi connectivity index (χ0) is 14.5. The summed E-state index contributed by atoms with van der Waals surface area (Å²) in [5, 5.41) is 0. The normalized spacial score (nSPS) is 10.9. The maximum absolute atomic E-state index is 11.5. The minimum Gasteiger partial charge on any atom is -0.299 e. The van der Waals surface area contributed by atoms with E-state index in [9.17, 15) is 9.59 Å². The van der Waals surface area contributed by atoms with Crippen molar-refractivity contribution >= 4 is 11.6 Å². The molecule has 19 heavy (non-hydrogen) atoms. The van der Waals surface area contributed by atoms with Crippen molar-refractivity contribution in [3.05, 3.63) is 0 Å². The van der Waals surface area contributed by atoms with E-state index in [2.05, 4.69) is 6.92 Å². The molecule has 0 fully saturated rings. The van der Waals surface area contributed by atoms with Gasteiger partial charge in [-0.15, -0.1) is 0 Å². The van der Waals surface area contributed by atoms with Crippen LogP contribution in [0.1, 0.15) is 91.4 Å². The first-order valence-electron chi connectivity index (χ1n) is 8.12. The minimum absolute atomic E-state index is 0.00734. The van der Waals surface area contributed by atoms with Gasteiger partial charge in [0.25, 0.3) is 0 Å². The average Bonchev–Trinajstić information content (AvgIpc) is 2.36. The molecule has 0 N–H and O–H groups in total. The molecule has 0 rings (SSSR count). The van der Waals surface area contributed by atoms with Crippen LogP contribution in [-0.2, 0) is 9.59 Å². The summed E-state index contributed by atoms with van der Waals surface area (Å²) in [6.07, 6.45) is 12.1. The summed E-state index contributed by atoms with van der Waals surface area (Å²) < 4.78 is 0. The molecule has 112 valence electrons. The van der Waals surface area contributed by atoms with E-state index in [0.717, 1.165) is 12.8 Å². The van der Waals surface area contributed by atoms with Crippen molar-refractivity contribution in [2.45, 2.75) is 91.4 Å². The van der Waals surface area contributed by atoms with Crippen molar-refractivity contribution < 1.29 is 9.59 Å². The van der Waals surface area contributed by atoms with Crippen LogP contribution in [0.15, 0.2) is 0 Å². The molecule has 0 unspecified atom stereocenters. The van der Waals surface area contributed by atoms with Crippen LogP contribution in [0.25, 0.3) is 0 Å². The van der Waals surface area contributed by atoms with E-state index in [1.54, 1.807) is 0 Å². The van der Waals surface area contributed by atoms with E-state index >= 15 is 0 Å². The maximum atomic E-state index is 11.5. The molecule has 0 atom stereocenters. The number of hydrogen-bond acceptors (Lipinski definition) is 2. The minimum atomic E-state index is -0.00734. The van der Waals surface area contributed by atoms with Crippen LogP contribution < -0.4 is 0 Å². The molecule has 0 aliphatic carbocycles. The molecule has 0 saturated carbocycles. The molecule has 0 aliphatic rings. The Balaban J connectivity index is 3.30. The van der Waals surface area contributed by atoms with Gasteiger partial charge in [0, 0.05) is 12.3 Å². The molecular weight excluding hydrogens is 236 g/mol. The highest BCUT2D eigenvalue weighted by atomic mass is 16.1. The molecule has 0 bridgehead atoms. The fourth-order valence-electron chi connectivity index (χ4n) is 2.12. The van der Waals surface area contributed by atoms with Crippen LogP contribution in [0.5, 0.6) is 0 Å². The molecule has 2 heteroatoms. The van der Waals surface area contributed by atoms with E-state index in [0.29, 0.717) is 6.42 Å². The number of Topliss-reactive ketones (excluding diaryl/α,β-unsaturated/α-hetero) is 2. The molecule has 0 saturated heterocycles. The molecular formula is C17H32O2. The van der Waals surface area contributed by atoms with Crippen LogP contribution in [0.4, 0.5) is 0 Å². The Morgan fingerprint density at radius 1 is 0.789 bits per heavy atom. The number of rotatable bonds is 13. The number of carbonyl (C=O) groups is 2. The average molecular weight is 268 g/mol. The van der Waals surface area contributed by atoms with Gasteiger partial charge in [-0.2, -0.15) is 0 Å². The molecule has 0 spiro atoms. The highest BCUT2D eigenvalue weighted by Crippen LogP contribution is 2.11. The van der Waals surface area contributed by atoms with Gasteiger partial charge in [0.1, 0.15) is 11.6 Å². The largest absolute Gasteiger partial charge is 0.299 e. The van der Waals surface area contributed by atoms with Gasteiger partial charge < -0.3 is 0 Å². The smallest absolute Gasteiger partial charge is 0.142 e. The van der Waals surface area contributed by atoms with E-state index < -0.39 is 0 Å². The second-order valence-corrected chi connectivity index (χ2v) is 5.91. The molecule has 0 aromatic heterocycles. The zero-order valence-corrected chi connectivity index (χ0v) is 13.2. The third-order valence-electron chi connectivity index (χ3n) is 3.57. The van der Waals surface area contributed by atoms with Gasteiger partial charge in [-0.3, -0.25) is 9.59 Å². The summed E-state index contributed by atoms with van der Waals surface area (Å²) in [5.74, 6) is 0.203. The van der Waals surface area contributed by atoms with Crippen molar-refractivity contribution in [1.82, 2.24) is 0 Å². The summed E-state index contributed by atoms with van der Waals surface area (Å²) in [5.41, 5.74) is 0. The Morgan fingerprint density at radius 2 is 1.26 bits per heavy atom. The number of hydrogen-bond donors (Lipinski definition) is 0. The Hall–Kier alpha value is -0.660. The zero-order valence-electron chi connectivity index (χ0n) is 13.2. The molecule has 0 aromatic rings. The maximum Gasteiger partial charge on any atom is 0.142 e. The molecule has 0 heterocycles. The lowest BCUT2D eigenvalue weighted by Gasteiger charge is -2.04. The van der Waals surface area contributed by atoms with Gasteiger partial charge in [-0.05, 0) is 6.42 Å². The van der Waals surface area contributed by atoms with Gasteiger partial charge in [-0.25, -0.2) is 0 Å². The van der Waals surface area contributed by atoms with Gasteiger partial charge in [0.05, 0.1) is 6.42 Å². The summed E-state index contributed by atoms with van der Waals surface area (Å²) in [7, 11) is 0. The first-order valence-corrected chi connectivity index (χ1v) is 8.12. The van der Waals surface area contributed by atoms with Crippen LogP contribution in [0.3, 0.4) is 0 Å². The number of ketones is 2. The second-order valence-electron chi connectivity index (χ2n) is 5.91. The second kappa shape index (κ2) is 12.4. The standard InChI is InChI=1S/C17H32O2/c1-4-5-6-7-8-9-10-11-12-13-16(18)14-17(19)15(2)3/h15H,4-14H2,1-3H3. The first-order chi connectivity index (χ1) is 9.07. The van der Waals surface area contributed by atoms with Crippen LogP contribution in [0.2, 0.25) is 0 Å². The molecule has 2 nitrogen and oxygen atoms in total. The highest BCUT2D eigenvalue weighted by Gasteiger charge is 2.12.